The van der Waals surface area contributed by atoms with Gasteiger partial charge in [-0.3, -0.25) is 0 Å². The standard InChI is InChI=1S/C14H19NO/c1-5-6-9-16-14-10-11(2)7-8-13(14)12(3)15-4/h7-8,10,12,15H,9H2,1-4H3. The van der Waals surface area contributed by atoms with Crippen molar-refractivity contribution in [2.24, 2.45) is 0 Å². The van der Waals surface area contributed by atoms with E-state index in [9.17, 15) is 0 Å². The molecule has 1 aromatic carbocycles. The van der Waals surface area contributed by atoms with Crippen molar-refractivity contribution in [3.05, 3.63) is 29.3 Å². The maximum absolute atomic E-state index is 5.67. The van der Waals surface area contributed by atoms with Crippen LogP contribution in [0.25, 0.3) is 0 Å². The van der Waals surface area contributed by atoms with Gasteiger partial charge in [0.05, 0.1) is 0 Å². The van der Waals surface area contributed by atoms with E-state index >= 15 is 0 Å². The molecule has 1 N–H and O–H groups in total. The summed E-state index contributed by atoms with van der Waals surface area (Å²) >= 11 is 0. The van der Waals surface area contributed by atoms with Gasteiger partial charge in [-0.1, -0.05) is 18.1 Å². The summed E-state index contributed by atoms with van der Waals surface area (Å²) in [6, 6.07) is 6.54. The van der Waals surface area contributed by atoms with Crippen LogP contribution in [-0.4, -0.2) is 13.7 Å². The second kappa shape index (κ2) is 6.19. The summed E-state index contributed by atoms with van der Waals surface area (Å²) in [6.07, 6.45) is 0. The van der Waals surface area contributed by atoms with Crippen molar-refractivity contribution in [3.63, 3.8) is 0 Å². The van der Waals surface area contributed by atoms with E-state index in [2.05, 4.69) is 49.2 Å². The molecule has 0 fully saturated rings. The predicted octanol–water partition coefficient (Wildman–Crippen LogP) is 2.68. The smallest absolute Gasteiger partial charge is 0.149 e. The molecule has 0 spiro atoms. The second-order valence-corrected chi connectivity index (χ2v) is 3.77. The zero-order valence-corrected chi connectivity index (χ0v) is 10.4. The Morgan fingerprint density at radius 1 is 1.44 bits per heavy atom. The minimum atomic E-state index is 0.283. The average Bonchev–Trinajstić information content (AvgIpc) is 2.29. The highest BCUT2D eigenvalue weighted by Gasteiger charge is 2.09. The molecule has 1 atom stereocenters. The van der Waals surface area contributed by atoms with Crippen LogP contribution in [0.3, 0.4) is 0 Å². The summed E-state index contributed by atoms with van der Waals surface area (Å²) in [5, 5.41) is 3.22. The van der Waals surface area contributed by atoms with E-state index in [0.717, 1.165) is 5.75 Å². The number of ether oxygens (including phenoxy) is 1. The Kier molecular flexibility index (Phi) is 4.88. The molecule has 0 saturated heterocycles. The zero-order chi connectivity index (χ0) is 12.0. The Balaban J connectivity index is 2.92. The molecule has 1 rings (SSSR count). The average molecular weight is 217 g/mol. The molecule has 0 amide bonds. The minimum absolute atomic E-state index is 0.283. The minimum Gasteiger partial charge on any atom is -0.481 e. The highest BCUT2D eigenvalue weighted by atomic mass is 16.5. The fourth-order valence-corrected chi connectivity index (χ4v) is 1.47. The van der Waals surface area contributed by atoms with Crippen molar-refractivity contribution in [3.8, 4) is 17.6 Å². The summed E-state index contributed by atoms with van der Waals surface area (Å²) in [4.78, 5) is 0. The molecule has 16 heavy (non-hydrogen) atoms. The van der Waals surface area contributed by atoms with Crippen molar-refractivity contribution < 1.29 is 4.74 Å². The third kappa shape index (κ3) is 3.29. The van der Waals surface area contributed by atoms with Crippen molar-refractivity contribution in [1.82, 2.24) is 5.32 Å². The Bertz CT molecular complexity index is 401. The van der Waals surface area contributed by atoms with E-state index in [4.69, 9.17) is 4.74 Å². The quantitative estimate of drug-likeness (QED) is 0.783. The third-order valence-electron chi connectivity index (χ3n) is 2.55. The SMILES string of the molecule is CC#CCOc1cc(C)ccc1C(C)NC. The first kappa shape index (κ1) is 12.6. The van der Waals surface area contributed by atoms with Crippen LogP contribution in [0.1, 0.15) is 31.0 Å². The number of nitrogens with one attached hydrogen (secondary N) is 1. The first-order valence-electron chi connectivity index (χ1n) is 5.49. The first-order chi connectivity index (χ1) is 7.69. The lowest BCUT2D eigenvalue weighted by molar-refractivity contribution is 0.361. The highest BCUT2D eigenvalue weighted by molar-refractivity contribution is 5.39. The molecule has 0 heterocycles. The molecule has 86 valence electrons. The molecule has 0 bridgehead atoms. The van der Waals surface area contributed by atoms with Crippen LogP contribution in [0.4, 0.5) is 0 Å². The van der Waals surface area contributed by atoms with Crippen molar-refractivity contribution in [1.29, 1.82) is 0 Å². The van der Waals surface area contributed by atoms with E-state index in [0.29, 0.717) is 6.61 Å². The molecule has 2 nitrogen and oxygen atoms in total. The normalized spacial score (nSPS) is 11.5. The molecule has 1 aromatic rings. The summed E-state index contributed by atoms with van der Waals surface area (Å²) < 4.78 is 5.67. The molecular weight excluding hydrogens is 198 g/mol. The van der Waals surface area contributed by atoms with E-state index in [1.165, 1.54) is 11.1 Å². The van der Waals surface area contributed by atoms with Gasteiger partial charge in [0.2, 0.25) is 0 Å². The molecule has 0 aliphatic carbocycles. The van der Waals surface area contributed by atoms with Gasteiger partial charge in [0.1, 0.15) is 12.4 Å². The van der Waals surface area contributed by atoms with E-state index < -0.39 is 0 Å². The molecule has 0 aromatic heterocycles. The summed E-state index contributed by atoms with van der Waals surface area (Å²) in [5.41, 5.74) is 2.37. The number of hydrogen-bond acceptors (Lipinski definition) is 2. The van der Waals surface area contributed by atoms with Gasteiger partial charge in [-0.15, -0.1) is 5.92 Å². The van der Waals surface area contributed by atoms with Gasteiger partial charge in [0.25, 0.3) is 0 Å². The van der Waals surface area contributed by atoms with Gasteiger partial charge in [-0.25, -0.2) is 0 Å². The summed E-state index contributed by atoms with van der Waals surface area (Å²) in [7, 11) is 1.94. The van der Waals surface area contributed by atoms with Gasteiger partial charge in [-0.05, 0) is 39.4 Å². The van der Waals surface area contributed by atoms with E-state index in [1.807, 2.05) is 14.0 Å². The molecule has 1 unspecified atom stereocenters. The zero-order valence-electron chi connectivity index (χ0n) is 10.4. The van der Waals surface area contributed by atoms with Crippen LogP contribution in [-0.2, 0) is 0 Å². The van der Waals surface area contributed by atoms with Gasteiger partial charge >= 0.3 is 0 Å². The van der Waals surface area contributed by atoms with Crippen LogP contribution in [0.15, 0.2) is 18.2 Å². The lowest BCUT2D eigenvalue weighted by atomic mass is 10.1. The first-order valence-corrected chi connectivity index (χ1v) is 5.49. The van der Waals surface area contributed by atoms with Crippen LogP contribution in [0.5, 0.6) is 5.75 Å². The molecule has 0 radical (unpaired) electrons. The molecule has 0 aliphatic heterocycles. The van der Waals surface area contributed by atoms with E-state index in [1.54, 1.807) is 0 Å². The Hall–Kier alpha value is -1.46. The predicted molar refractivity (Wildman–Crippen MR) is 67.6 cm³/mol. The van der Waals surface area contributed by atoms with Crippen LogP contribution < -0.4 is 10.1 Å². The van der Waals surface area contributed by atoms with Crippen molar-refractivity contribution >= 4 is 0 Å². The number of hydrogen-bond donors (Lipinski definition) is 1. The monoisotopic (exact) mass is 217 g/mol. The molecule has 0 saturated carbocycles. The summed E-state index contributed by atoms with van der Waals surface area (Å²) in [6.45, 7) is 6.44. The van der Waals surface area contributed by atoms with Crippen LogP contribution in [0, 0.1) is 18.8 Å². The molecular formula is C14H19NO. The number of aryl methyl sites for hydroxylation is 1. The maximum atomic E-state index is 5.67. The fourth-order valence-electron chi connectivity index (χ4n) is 1.47. The van der Waals surface area contributed by atoms with Crippen LogP contribution >= 0.6 is 0 Å². The second-order valence-electron chi connectivity index (χ2n) is 3.77. The third-order valence-corrected chi connectivity index (χ3v) is 2.55. The fraction of sp³-hybridized carbons (Fsp3) is 0.429. The van der Waals surface area contributed by atoms with Crippen molar-refractivity contribution in [2.75, 3.05) is 13.7 Å². The lowest BCUT2D eigenvalue weighted by Crippen LogP contribution is -2.14. The highest BCUT2D eigenvalue weighted by Crippen LogP contribution is 2.26. The topological polar surface area (TPSA) is 21.3 Å². The molecule has 2 heteroatoms. The molecule has 0 aliphatic rings. The van der Waals surface area contributed by atoms with Gasteiger partial charge < -0.3 is 10.1 Å². The Morgan fingerprint density at radius 2 is 2.19 bits per heavy atom. The van der Waals surface area contributed by atoms with Gasteiger partial charge in [0.15, 0.2) is 0 Å². The van der Waals surface area contributed by atoms with Gasteiger partial charge in [0, 0.05) is 11.6 Å². The lowest BCUT2D eigenvalue weighted by Gasteiger charge is -2.16. The van der Waals surface area contributed by atoms with Gasteiger partial charge in [-0.2, -0.15) is 0 Å². The van der Waals surface area contributed by atoms with Crippen LogP contribution in [0.2, 0.25) is 0 Å². The Morgan fingerprint density at radius 3 is 2.81 bits per heavy atom. The van der Waals surface area contributed by atoms with E-state index in [-0.39, 0.29) is 6.04 Å². The summed E-state index contributed by atoms with van der Waals surface area (Å²) in [5.74, 6) is 6.65. The number of rotatable bonds is 4. The Labute approximate surface area is 98.0 Å². The number of benzene rings is 1. The van der Waals surface area contributed by atoms with Crippen molar-refractivity contribution in [2.45, 2.75) is 26.8 Å². The largest absolute Gasteiger partial charge is 0.481 e. The maximum Gasteiger partial charge on any atom is 0.149 e.